The molecule has 0 unspecified atom stereocenters. The van der Waals surface area contributed by atoms with Crippen molar-refractivity contribution in [2.45, 2.75) is 37.4 Å². The fourth-order valence-corrected chi connectivity index (χ4v) is 1.02. The molecule has 0 amide bonds. The molecule has 0 aromatic heterocycles. The Morgan fingerprint density at radius 3 is 2.60 bits per heavy atom. The van der Waals surface area contributed by atoms with Crippen LogP contribution in [0.1, 0.15) is 32.6 Å². The lowest BCUT2D eigenvalue weighted by Crippen LogP contribution is -2.31. The average molecular weight is 208 g/mol. The van der Waals surface area contributed by atoms with Gasteiger partial charge in [0.05, 0.1) is 10.8 Å². The largest absolute Gasteiger partial charge is 0.549 e. The molecule has 0 N–H and O–H groups in total. The van der Waals surface area contributed by atoms with Crippen LogP contribution >= 0.6 is 15.9 Å². The van der Waals surface area contributed by atoms with Crippen LogP contribution in [0.2, 0.25) is 0 Å². The first-order chi connectivity index (χ1) is 4.68. The summed E-state index contributed by atoms with van der Waals surface area (Å²) in [5, 5.41) is 10.1. The maximum Gasteiger partial charge on any atom is 0.0551 e. The van der Waals surface area contributed by atoms with E-state index in [1.807, 2.05) is 0 Å². The summed E-state index contributed by atoms with van der Waals surface area (Å²) >= 11 is 3.01. The van der Waals surface area contributed by atoms with Crippen molar-refractivity contribution in [3.05, 3.63) is 0 Å². The number of rotatable bonds is 5. The highest BCUT2D eigenvalue weighted by Crippen LogP contribution is 2.09. The maximum absolute atomic E-state index is 10.1. The molecule has 0 spiro atoms. The number of hydrogen-bond donors (Lipinski definition) is 0. The Hall–Kier alpha value is -0.0500. The molecule has 0 aliphatic rings. The monoisotopic (exact) mass is 207 g/mol. The molecule has 0 fully saturated rings. The summed E-state index contributed by atoms with van der Waals surface area (Å²) in [6.07, 6.45) is 3.85. The molecule has 0 bridgehead atoms. The number of carbonyl (C=O) groups excluding carboxylic acids is 1. The second kappa shape index (κ2) is 5.71. The van der Waals surface area contributed by atoms with Gasteiger partial charge in [-0.25, -0.2) is 0 Å². The molecule has 60 valence electrons. The fourth-order valence-electron chi connectivity index (χ4n) is 0.691. The van der Waals surface area contributed by atoms with Gasteiger partial charge >= 0.3 is 0 Å². The molecule has 0 heterocycles. The number of carboxylic acids is 1. The van der Waals surface area contributed by atoms with Crippen molar-refractivity contribution in [2.75, 3.05) is 0 Å². The minimum atomic E-state index is -1.00. The lowest BCUT2D eigenvalue weighted by Gasteiger charge is -2.08. The zero-order chi connectivity index (χ0) is 7.98. The molecule has 10 heavy (non-hydrogen) atoms. The summed E-state index contributed by atoms with van der Waals surface area (Å²) in [5.41, 5.74) is 0. The molecule has 0 aliphatic carbocycles. The molecule has 0 radical (unpaired) electrons. The zero-order valence-corrected chi connectivity index (χ0v) is 7.69. The van der Waals surface area contributed by atoms with Gasteiger partial charge in [0.15, 0.2) is 0 Å². The van der Waals surface area contributed by atoms with Crippen molar-refractivity contribution < 1.29 is 9.90 Å². The smallest absolute Gasteiger partial charge is 0.0551 e. The van der Waals surface area contributed by atoms with Crippen LogP contribution in [0, 0.1) is 0 Å². The highest BCUT2D eigenvalue weighted by atomic mass is 79.9. The topological polar surface area (TPSA) is 40.1 Å². The Balaban J connectivity index is 3.21. The normalized spacial score (nSPS) is 13.0. The summed E-state index contributed by atoms with van der Waals surface area (Å²) in [5.74, 6) is -1.00. The van der Waals surface area contributed by atoms with E-state index in [9.17, 15) is 9.90 Å². The van der Waals surface area contributed by atoms with Crippen molar-refractivity contribution >= 4 is 21.9 Å². The fraction of sp³-hybridized carbons (Fsp3) is 0.857. The van der Waals surface area contributed by atoms with E-state index in [2.05, 4.69) is 22.9 Å². The van der Waals surface area contributed by atoms with Crippen LogP contribution in [0.4, 0.5) is 0 Å². The van der Waals surface area contributed by atoms with Gasteiger partial charge in [0.2, 0.25) is 0 Å². The van der Waals surface area contributed by atoms with Crippen molar-refractivity contribution in [3.8, 4) is 0 Å². The predicted octanol–water partition coefficient (Wildman–Crippen LogP) is 1.08. The molecule has 0 aromatic carbocycles. The number of carbonyl (C=O) groups is 1. The molecule has 0 aliphatic heterocycles. The SMILES string of the molecule is CCCCC[C@H](Br)C(=O)[O-]. The summed E-state index contributed by atoms with van der Waals surface area (Å²) in [6.45, 7) is 2.09. The average Bonchev–Trinajstić information content (AvgIpc) is 1.88. The third-order valence-electron chi connectivity index (χ3n) is 1.32. The number of unbranched alkanes of at least 4 members (excludes halogenated alkanes) is 2. The molecule has 0 aromatic rings. The number of halogens is 1. The van der Waals surface area contributed by atoms with Gasteiger partial charge in [-0.3, -0.25) is 0 Å². The third-order valence-corrected chi connectivity index (χ3v) is 2.15. The van der Waals surface area contributed by atoms with E-state index in [4.69, 9.17) is 0 Å². The second-order valence-electron chi connectivity index (χ2n) is 2.28. The predicted molar refractivity (Wildman–Crippen MR) is 41.9 cm³/mol. The third kappa shape index (κ3) is 4.79. The highest BCUT2D eigenvalue weighted by molar-refractivity contribution is 9.10. The van der Waals surface area contributed by atoms with Crippen LogP contribution in [0.15, 0.2) is 0 Å². The Morgan fingerprint density at radius 1 is 1.60 bits per heavy atom. The molecule has 0 rings (SSSR count). The number of carboxylic acid groups (broad SMARTS) is 1. The first kappa shape index (κ1) is 9.95. The lowest BCUT2D eigenvalue weighted by molar-refractivity contribution is -0.304. The molecule has 0 saturated heterocycles. The van der Waals surface area contributed by atoms with Crippen molar-refractivity contribution in [3.63, 3.8) is 0 Å². The van der Waals surface area contributed by atoms with Gasteiger partial charge in [-0.15, -0.1) is 0 Å². The van der Waals surface area contributed by atoms with E-state index in [0.29, 0.717) is 6.42 Å². The van der Waals surface area contributed by atoms with Gasteiger partial charge in [-0.1, -0.05) is 42.1 Å². The summed E-state index contributed by atoms with van der Waals surface area (Å²) in [4.78, 5) is 9.68. The number of hydrogen-bond acceptors (Lipinski definition) is 2. The van der Waals surface area contributed by atoms with E-state index >= 15 is 0 Å². The minimum absolute atomic E-state index is 0.459. The van der Waals surface area contributed by atoms with E-state index in [1.54, 1.807) is 0 Å². The van der Waals surface area contributed by atoms with E-state index in [-0.39, 0.29) is 0 Å². The number of aliphatic carboxylic acids is 1. The Kier molecular flexibility index (Phi) is 5.69. The lowest BCUT2D eigenvalue weighted by atomic mass is 10.2. The maximum atomic E-state index is 10.1. The zero-order valence-electron chi connectivity index (χ0n) is 6.10. The minimum Gasteiger partial charge on any atom is -0.549 e. The molecule has 1 atom stereocenters. The van der Waals surface area contributed by atoms with Crippen molar-refractivity contribution in [1.29, 1.82) is 0 Å². The van der Waals surface area contributed by atoms with E-state index < -0.39 is 10.8 Å². The van der Waals surface area contributed by atoms with Crippen molar-refractivity contribution in [1.82, 2.24) is 0 Å². The first-order valence-corrected chi connectivity index (χ1v) is 4.45. The standard InChI is InChI=1S/C7H13BrO2/c1-2-3-4-5-6(8)7(9)10/h6H,2-5H2,1H3,(H,9,10)/p-1/t6-/m0/s1. The van der Waals surface area contributed by atoms with E-state index in [1.165, 1.54) is 0 Å². The summed E-state index contributed by atoms with van der Waals surface area (Å²) in [7, 11) is 0. The van der Waals surface area contributed by atoms with Crippen LogP contribution < -0.4 is 5.11 Å². The van der Waals surface area contributed by atoms with Crippen LogP contribution in [0.3, 0.4) is 0 Å². The Bertz CT molecular complexity index is 104. The van der Waals surface area contributed by atoms with Gasteiger partial charge in [-0.05, 0) is 6.42 Å². The van der Waals surface area contributed by atoms with Gasteiger partial charge in [-0.2, -0.15) is 0 Å². The quantitative estimate of drug-likeness (QED) is 0.501. The van der Waals surface area contributed by atoms with Crippen LogP contribution in [0.5, 0.6) is 0 Å². The van der Waals surface area contributed by atoms with Crippen LogP contribution in [0.25, 0.3) is 0 Å². The van der Waals surface area contributed by atoms with Gasteiger partial charge in [0, 0.05) is 0 Å². The molecule has 3 heteroatoms. The molecule has 2 nitrogen and oxygen atoms in total. The Morgan fingerprint density at radius 2 is 2.20 bits per heavy atom. The number of alkyl halides is 1. The van der Waals surface area contributed by atoms with E-state index in [0.717, 1.165) is 19.3 Å². The molecular formula is C7H12BrO2-. The van der Waals surface area contributed by atoms with Crippen molar-refractivity contribution in [2.24, 2.45) is 0 Å². The van der Waals surface area contributed by atoms with Gasteiger partial charge in [0.25, 0.3) is 0 Å². The van der Waals surface area contributed by atoms with Crippen LogP contribution in [-0.2, 0) is 4.79 Å². The van der Waals surface area contributed by atoms with Gasteiger partial charge in [0.1, 0.15) is 0 Å². The summed E-state index contributed by atoms with van der Waals surface area (Å²) in [6, 6.07) is 0. The Labute approximate surface area is 69.8 Å². The molecular weight excluding hydrogens is 196 g/mol. The molecule has 0 saturated carbocycles. The second-order valence-corrected chi connectivity index (χ2v) is 3.39. The summed E-state index contributed by atoms with van der Waals surface area (Å²) < 4.78 is 0. The first-order valence-electron chi connectivity index (χ1n) is 3.53. The highest BCUT2D eigenvalue weighted by Gasteiger charge is 2.02. The van der Waals surface area contributed by atoms with Crippen LogP contribution in [-0.4, -0.2) is 10.8 Å². The van der Waals surface area contributed by atoms with Gasteiger partial charge < -0.3 is 9.90 Å².